The minimum atomic E-state index is 0.763. The molecule has 122 valence electrons. The van der Waals surface area contributed by atoms with Crippen molar-refractivity contribution in [2.45, 2.75) is 11.9 Å². The predicted octanol–water partition coefficient (Wildman–Crippen LogP) is 3.35. The lowest BCUT2D eigenvalue weighted by molar-refractivity contribution is 0.834. The fourth-order valence-corrected chi connectivity index (χ4v) is 3.21. The van der Waals surface area contributed by atoms with E-state index in [0.29, 0.717) is 0 Å². The summed E-state index contributed by atoms with van der Waals surface area (Å²) in [5.41, 5.74) is 4.61. The van der Waals surface area contributed by atoms with Crippen LogP contribution in [0.1, 0.15) is 11.1 Å². The van der Waals surface area contributed by atoms with Gasteiger partial charge in [-0.2, -0.15) is 0 Å². The summed E-state index contributed by atoms with van der Waals surface area (Å²) < 4.78 is 2.20. The van der Waals surface area contributed by atoms with Crippen molar-refractivity contribution in [3.63, 3.8) is 0 Å². The van der Waals surface area contributed by atoms with E-state index in [0.717, 1.165) is 47.9 Å². The number of halogens is 1. The average Bonchev–Trinajstić information content (AvgIpc) is 3.25. The van der Waals surface area contributed by atoms with Gasteiger partial charge in [0, 0.05) is 11.9 Å². The summed E-state index contributed by atoms with van der Waals surface area (Å²) >= 11 is 3.49. The van der Waals surface area contributed by atoms with E-state index in [-0.39, 0.29) is 0 Å². The van der Waals surface area contributed by atoms with Crippen molar-refractivity contribution in [3.05, 3.63) is 59.7 Å². The van der Waals surface area contributed by atoms with Crippen LogP contribution in [0.4, 0.5) is 5.95 Å². The summed E-state index contributed by atoms with van der Waals surface area (Å²) in [6.45, 7) is 2.44. The van der Waals surface area contributed by atoms with Gasteiger partial charge in [-0.1, -0.05) is 52.3 Å². The molecule has 0 amide bonds. The fourth-order valence-electron chi connectivity index (χ4n) is 2.83. The predicted molar refractivity (Wildman–Crippen MR) is 102 cm³/mol. The van der Waals surface area contributed by atoms with Crippen molar-refractivity contribution in [1.29, 1.82) is 0 Å². The normalized spacial score (nSPS) is 13.8. The Hall–Kier alpha value is -2.34. The smallest absolute Gasteiger partial charge is 0.211 e. The Bertz CT molecular complexity index is 882. The number of nitrogens with zero attached hydrogens (tertiary/aromatic N) is 3. The number of nitrogens with one attached hydrogen (secondary N) is 2. The molecule has 0 saturated heterocycles. The van der Waals surface area contributed by atoms with Gasteiger partial charge in [0.15, 0.2) is 5.96 Å². The molecule has 1 aromatic heterocycles. The molecule has 0 unspecified atom stereocenters. The summed E-state index contributed by atoms with van der Waals surface area (Å²) in [5.74, 6) is 1.61. The van der Waals surface area contributed by atoms with Gasteiger partial charge in [-0.3, -0.25) is 10.3 Å². The molecule has 3 aromatic rings. The van der Waals surface area contributed by atoms with Gasteiger partial charge < -0.3 is 9.88 Å². The van der Waals surface area contributed by atoms with Crippen molar-refractivity contribution in [3.8, 4) is 0 Å². The highest BCUT2D eigenvalue weighted by Crippen LogP contribution is 2.21. The number of aliphatic imine (C=N–C) groups is 1. The summed E-state index contributed by atoms with van der Waals surface area (Å²) in [7, 11) is 0. The Labute approximate surface area is 148 Å². The number of hydrogen-bond donors (Lipinski definition) is 2. The van der Waals surface area contributed by atoms with Crippen LogP contribution in [0.5, 0.6) is 0 Å². The van der Waals surface area contributed by atoms with Crippen molar-refractivity contribution in [2.75, 3.05) is 18.4 Å². The van der Waals surface area contributed by atoms with Gasteiger partial charge in [0.2, 0.25) is 5.95 Å². The Morgan fingerprint density at radius 1 is 1.08 bits per heavy atom. The molecule has 2 heterocycles. The highest BCUT2D eigenvalue weighted by atomic mass is 79.9. The van der Waals surface area contributed by atoms with Crippen molar-refractivity contribution in [2.24, 2.45) is 4.99 Å². The fraction of sp³-hybridized carbons (Fsp3) is 0.222. The number of anilines is 1. The topological polar surface area (TPSA) is 54.2 Å². The number of guanidine groups is 1. The summed E-state index contributed by atoms with van der Waals surface area (Å²) in [4.78, 5) is 9.14. The van der Waals surface area contributed by atoms with E-state index < -0.39 is 0 Å². The zero-order valence-electron chi connectivity index (χ0n) is 13.2. The first-order valence-electron chi connectivity index (χ1n) is 7.98. The molecule has 5 nitrogen and oxygen atoms in total. The minimum absolute atomic E-state index is 0.763. The summed E-state index contributed by atoms with van der Waals surface area (Å²) in [6.07, 6.45) is 0. The lowest BCUT2D eigenvalue weighted by atomic mass is 10.1. The molecule has 6 heteroatoms. The zero-order chi connectivity index (χ0) is 16.4. The third kappa shape index (κ3) is 3.01. The number of rotatable bonds is 4. The maximum absolute atomic E-state index is 4.73. The number of benzene rings is 2. The number of fused-ring (bicyclic) bond motifs is 1. The molecule has 2 aromatic carbocycles. The first-order valence-corrected chi connectivity index (χ1v) is 9.10. The van der Waals surface area contributed by atoms with Crippen LogP contribution in [0.2, 0.25) is 0 Å². The van der Waals surface area contributed by atoms with E-state index in [1.54, 1.807) is 0 Å². The van der Waals surface area contributed by atoms with E-state index >= 15 is 0 Å². The van der Waals surface area contributed by atoms with Crippen LogP contribution < -0.4 is 10.6 Å². The molecule has 0 fully saturated rings. The largest absolute Gasteiger partial charge is 0.354 e. The molecule has 0 saturated carbocycles. The summed E-state index contributed by atoms with van der Waals surface area (Å²) in [6, 6.07) is 16.8. The van der Waals surface area contributed by atoms with Gasteiger partial charge in [-0.15, -0.1) is 0 Å². The maximum atomic E-state index is 4.73. The zero-order valence-corrected chi connectivity index (χ0v) is 14.8. The van der Waals surface area contributed by atoms with E-state index in [1.165, 1.54) is 11.1 Å². The molecule has 0 spiro atoms. The van der Waals surface area contributed by atoms with Crippen LogP contribution in [0.25, 0.3) is 11.0 Å². The lowest BCUT2D eigenvalue weighted by Crippen LogP contribution is -2.27. The number of imidazole rings is 1. The van der Waals surface area contributed by atoms with Crippen molar-refractivity contribution >= 4 is 38.9 Å². The van der Waals surface area contributed by atoms with Gasteiger partial charge in [-0.05, 0) is 23.3 Å². The molecule has 0 radical (unpaired) electrons. The van der Waals surface area contributed by atoms with Crippen LogP contribution in [-0.2, 0) is 11.9 Å². The Balaban J connectivity index is 1.70. The van der Waals surface area contributed by atoms with Crippen LogP contribution in [0, 0.1) is 0 Å². The minimum Gasteiger partial charge on any atom is -0.354 e. The first-order chi connectivity index (χ1) is 11.8. The number of hydrogen-bond acceptors (Lipinski definition) is 4. The van der Waals surface area contributed by atoms with Crippen molar-refractivity contribution in [1.82, 2.24) is 14.9 Å². The molecule has 1 aliphatic heterocycles. The monoisotopic (exact) mass is 383 g/mol. The molecule has 0 atom stereocenters. The van der Waals surface area contributed by atoms with Gasteiger partial charge in [0.25, 0.3) is 0 Å². The average molecular weight is 384 g/mol. The lowest BCUT2D eigenvalue weighted by Gasteiger charge is -2.11. The molecule has 0 bridgehead atoms. The van der Waals surface area contributed by atoms with Gasteiger partial charge in [0.1, 0.15) is 0 Å². The molecule has 2 N–H and O–H groups in total. The van der Waals surface area contributed by atoms with E-state index in [2.05, 4.69) is 66.5 Å². The van der Waals surface area contributed by atoms with Gasteiger partial charge in [0.05, 0.1) is 24.1 Å². The molecular formula is C18H18BrN5. The standard InChI is InChI=1S/C18H18BrN5/c19-11-13-5-7-14(8-6-13)12-24-16-4-2-1-3-15(16)22-18(24)23-17-20-9-10-21-17/h1-8H,9-12H2,(H2,20,21,22,23). The third-order valence-electron chi connectivity index (χ3n) is 4.08. The number of aromatic nitrogens is 2. The van der Waals surface area contributed by atoms with Crippen molar-refractivity contribution < 1.29 is 0 Å². The van der Waals surface area contributed by atoms with Crippen LogP contribution in [0.3, 0.4) is 0 Å². The second-order valence-electron chi connectivity index (χ2n) is 5.74. The molecule has 0 aliphatic carbocycles. The second-order valence-corrected chi connectivity index (χ2v) is 6.30. The molecular weight excluding hydrogens is 366 g/mol. The quantitative estimate of drug-likeness (QED) is 0.679. The maximum Gasteiger partial charge on any atom is 0.211 e. The highest BCUT2D eigenvalue weighted by molar-refractivity contribution is 9.08. The van der Waals surface area contributed by atoms with Crippen LogP contribution >= 0.6 is 15.9 Å². The van der Waals surface area contributed by atoms with E-state index in [4.69, 9.17) is 4.98 Å². The number of alkyl halides is 1. The number of para-hydroxylation sites is 2. The molecule has 4 rings (SSSR count). The van der Waals surface area contributed by atoms with Crippen LogP contribution in [-0.4, -0.2) is 28.6 Å². The Morgan fingerprint density at radius 3 is 2.62 bits per heavy atom. The Morgan fingerprint density at radius 2 is 1.88 bits per heavy atom. The highest BCUT2D eigenvalue weighted by Gasteiger charge is 2.14. The first kappa shape index (κ1) is 15.2. The second kappa shape index (κ2) is 6.65. The van der Waals surface area contributed by atoms with E-state index in [1.807, 2.05) is 18.2 Å². The van der Waals surface area contributed by atoms with Gasteiger partial charge >= 0.3 is 0 Å². The molecule has 1 aliphatic rings. The Kier molecular flexibility index (Phi) is 4.21. The van der Waals surface area contributed by atoms with Crippen LogP contribution in [0.15, 0.2) is 53.5 Å². The third-order valence-corrected chi connectivity index (χ3v) is 4.72. The molecule has 24 heavy (non-hydrogen) atoms. The summed E-state index contributed by atoms with van der Waals surface area (Å²) in [5, 5.41) is 7.44. The van der Waals surface area contributed by atoms with Gasteiger partial charge in [-0.25, -0.2) is 4.98 Å². The van der Waals surface area contributed by atoms with E-state index in [9.17, 15) is 0 Å². The SMILES string of the molecule is BrCc1ccc(Cn2c(NC3=NCCN3)nc3ccccc32)cc1.